The number of hydrogen-bond donors (Lipinski definition) is 1. The molecule has 2 amide bonds. The lowest BCUT2D eigenvalue weighted by molar-refractivity contribution is 0.202. The van der Waals surface area contributed by atoms with Crippen molar-refractivity contribution < 1.29 is 13.6 Å². The lowest BCUT2D eigenvalue weighted by Crippen LogP contribution is -2.40. The number of carbonyl (C=O) groups excluding carboxylic acids is 1. The summed E-state index contributed by atoms with van der Waals surface area (Å²) >= 11 is 0. The molecule has 0 atom stereocenters. The molecule has 0 radical (unpaired) electrons. The van der Waals surface area contributed by atoms with Crippen LogP contribution in [0.1, 0.15) is 24.2 Å². The lowest BCUT2D eigenvalue weighted by Gasteiger charge is -2.21. The molecular weight excluding hydrogens is 283 g/mol. The third-order valence-electron chi connectivity index (χ3n) is 4.20. The average Bonchev–Trinajstić information content (AvgIpc) is 3.13. The molecule has 0 saturated heterocycles. The summed E-state index contributed by atoms with van der Waals surface area (Å²) < 4.78 is 19.2. The minimum absolute atomic E-state index is 0.181. The molecule has 3 rings (SSSR count). The standard InChI is InChI=1S/C17H19FN2O2/c1-20(11-13-5-4-10-22-13)16(21)19-12-17(8-9-17)14-6-2-3-7-15(14)18/h2-7,10H,8-9,11-12H2,1H3,(H,19,21). The van der Waals surface area contributed by atoms with Crippen LogP contribution in [-0.4, -0.2) is 24.5 Å². The molecule has 1 aromatic heterocycles. The van der Waals surface area contributed by atoms with Crippen molar-refractivity contribution in [3.8, 4) is 0 Å². The van der Waals surface area contributed by atoms with E-state index in [2.05, 4.69) is 5.32 Å². The molecule has 1 N–H and O–H groups in total. The maximum absolute atomic E-state index is 13.9. The maximum atomic E-state index is 13.9. The predicted octanol–water partition coefficient (Wildman–Crippen LogP) is 3.29. The number of benzene rings is 1. The molecule has 1 fully saturated rings. The third-order valence-corrected chi connectivity index (χ3v) is 4.20. The Kier molecular flexibility index (Phi) is 3.88. The Balaban J connectivity index is 1.58. The second-order valence-electron chi connectivity index (χ2n) is 5.85. The van der Waals surface area contributed by atoms with E-state index in [0.29, 0.717) is 18.7 Å². The van der Waals surface area contributed by atoms with Gasteiger partial charge in [0.25, 0.3) is 0 Å². The summed E-state index contributed by atoms with van der Waals surface area (Å²) in [6, 6.07) is 10.2. The van der Waals surface area contributed by atoms with Crippen molar-refractivity contribution in [1.82, 2.24) is 10.2 Å². The van der Waals surface area contributed by atoms with Crippen molar-refractivity contribution in [3.63, 3.8) is 0 Å². The number of furan rings is 1. The highest BCUT2D eigenvalue weighted by atomic mass is 19.1. The van der Waals surface area contributed by atoms with Crippen LogP contribution >= 0.6 is 0 Å². The Bertz CT molecular complexity index is 650. The number of halogens is 1. The van der Waals surface area contributed by atoms with E-state index in [1.54, 1.807) is 36.4 Å². The van der Waals surface area contributed by atoms with Crippen LogP contribution in [0.5, 0.6) is 0 Å². The van der Waals surface area contributed by atoms with E-state index in [1.807, 2.05) is 12.1 Å². The van der Waals surface area contributed by atoms with Crippen LogP contribution in [0.4, 0.5) is 9.18 Å². The second kappa shape index (κ2) is 5.83. The van der Waals surface area contributed by atoms with Gasteiger partial charge in [-0.25, -0.2) is 9.18 Å². The minimum atomic E-state index is -0.244. The predicted molar refractivity (Wildman–Crippen MR) is 80.9 cm³/mol. The van der Waals surface area contributed by atoms with Gasteiger partial charge in [-0.3, -0.25) is 0 Å². The zero-order valence-corrected chi connectivity index (χ0v) is 12.5. The Hall–Kier alpha value is -2.30. The van der Waals surface area contributed by atoms with Gasteiger partial charge in [0, 0.05) is 19.0 Å². The number of urea groups is 1. The fourth-order valence-corrected chi connectivity index (χ4v) is 2.67. The molecule has 0 spiro atoms. The maximum Gasteiger partial charge on any atom is 0.317 e. The molecule has 22 heavy (non-hydrogen) atoms. The van der Waals surface area contributed by atoms with Gasteiger partial charge in [0.1, 0.15) is 11.6 Å². The summed E-state index contributed by atoms with van der Waals surface area (Å²) in [5, 5.41) is 2.90. The van der Waals surface area contributed by atoms with Crippen LogP contribution in [0.3, 0.4) is 0 Å². The highest BCUT2D eigenvalue weighted by Gasteiger charge is 2.46. The van der Waals surface area contributed by atoms with Crippen LogP contribution in [0.25, 0.3) is 0 Å². The molecule has 4 nitrogen and oxygen atoms in total. The van der Waals surface area contributed by atoms with Crippen LogP contribution in [0.2, 0.25) is 0 Å². The number of nitrogens with one attached hydrogen (secondary N) is 1. The van der Waals surface area contributed by atoms with Crippen molar-refractivity contribution in [2.24, 2.45) is 0 Å². The van der Waals surface area contributed by atoms with Crippen molar-refractivity contribution in [2.75, 3.05) is 13.6 Å². The van der Waals surface area contributed by atoms with Gasteiger partial charge in [0.15, 0.2) is 0 Å². The average molecular weight is 302 g/mol. The normalized spacial score (nSPS) is 15.4. The van der Waals surface area contributed by atoms with Gasteiger partial charge in [0.05, 0.1) is 12.8 Å². The number of rotatable bonds is 5. The summed E-state index contributed by atoms with van der Waals surface area (Å²) in [4.78, 5) is 13.7. The number of carbonyl (C=O) groups is 1. The van der Waals surface area contributed by atoms with Crippen molar-refractivity contribution in [1.29, 1.82) is 0 Å². The number of amides is 2. The summed E-state index contributed by atoms with van der Waals surface area (Å²) in [5.74, 6) is 0.533. The molecule has 1 saturated carbocycles. The molecule has 0 bridgehead atoms. The highest BCUT2D eigenvalue weighted by molar-refractivity contribution is 5.74. The Labute approximate surface area is 128 Å². The Morgan fingerprint density at radius 2 is 2.09 bits per heavy atom. The molecule has 1 aliphatic carbocycles. The lowest BCUT2D eigenvalue weighted by atomic mass is 9.95. The van der Waals surface area contributed by atoms with Gasteiger partial charge in [-0.05, 0) is 36.6 Å². The summed E-state index contributed by atoms with van der Waals surface area (Å²) in [6.07, 6.45) is 3.38. The topological polar surface area (TPSA) is 45.5 Å². The van der Waals surface area contributed by atoms with E-state index in [4.69, 9.17) is 4.42 Å². The van der Waals surface area contributed by atoms with Gasteiger partial charge in [-0.1, -0.05) is 18.2 Å². The SMILES string of the molecule is CN(Cc1ccco1)C(=O)NCC1(c2ccccc2F)CC1. The van der Waals surface area contributed by atoms with Gasteiger partial charge in [-0.15, -0.1) is 0 Å². The third kappa shape index (κ3) is 2.98. The quantitative estimate of drug-likeness (QED) is 0.921. The van der Waals surface area contributed by atoms with Gasteiger partial charge >= 0.3 is 6.03 Å². The van der Waals surface area contributed by atoms with E-state index >= 15 is 0 Å². The molecular formula is C17H19FN2O2. The van der Waals surface area contributed by atoms with Crippen molar-refractivity contribution in [2.45, 2.75) is 24.8 Å². The zero-order valence-electron chi connectivity index (χ0n) is 12.5. The molecule has 1 aromatic carbocycles. The zero-order chi connectivity index (χ0) is 15.6. The molecule has 0 aliphatic heterocycles. The monoisotopic (exact) mass is 302 g/mol. The first-order chi connectivity index (χ1) is 10.6. The molecule has 1 aliphatic rings. The Morgan fingerprint density at radius 3 is 2.73 bits per heavy atom. The smallest absolute Gasteiger partial charge is 0.317 e. The van der Waals surface area contributed by atoms with Gasteiger partial charge < -0.3 is 14.6 Å². The molecule has 0 unspecified atom stereocenters. The van der Waals surface area contributed by atoms with Crippen molar-refractivity contribution >= 4 is 6.03 Å². The molecule has 1 heterocycles. The summed E-state index contributed by atoms with van der Waals surface area (Å²) in [5.41, 5.74) is 0.455. The first-order valence-corrected chi connectivity index (χ1v) is 7.37. The molecule has 116 valence electrons. The van der Waals surface area contributed by atoms with E-state index in [0.717, 1.165) is 18.6 Å². The van der Waals surface area contributed by atoms with E-state index < -0.39 is 0 Å². The fourth-order valence-electron chi connectivity index (χ4n) is 2.67. The minimum Gasteiger partial charge on any atom is -0.467 e. The largest absolute Gasteiger partial charge is 0.467 e. The molecule has 5 heteroatoms. The first kappa shape index (κ1) is 14.6. The Morgan fingerprint density at radius 1 is 1.32 bits per heavy atom. The fraction of sp³-hybridized carbons (Fsp3) is 0.353. The van der Waals surface area contributed by atoms with Crippen LogP contribution in [0, 0.1) is 5.82 Å². The van der Waals surface area contributed by atoms with E-state index in [1.165, 1.54) is 6.07 Å². The van der Waals surface area contributed by atoms with Crippen LogP contribution in [0.15, 0.2) is 47.1 Å². The number of nitrogens with zero attached hydrogens (tertiary/aromatic N) is 1. The van der Waals surface area contributed by atoms with Crippen molar-refractivity contribution in [3.05, 3.63) is 59.8 Å². The number of hydrogen-bond acceptors (Lipinski definition) is 2. The van der Waals surface area contributed by atoms with Gasteiger partial charge in [-0.2, -0.15) is 0 Å². The van der Waals surface area contributed by atoms with Gasteiger partial charge in [0.2, 0.25) is 0 Å². The van der Waals surface area contributed by atoms with E-state index in [-0.39, 0.29) is 17.3 Å². The van der Waals surface area contributed by atoms with Crippen LogP contribution in [-0.2, 0) is 12.0 Å². The molecule has 2 aromatic rings. The highest BCUT2D eigenvalue weighted by Crippen LogP contribution is 2.48. The summed E-state index contributed by atoms with van der Waals surface area (Å²) in [7, 11) is 1.71. The first-order valence-electron chi connectivity index (χ1n) is 7.37. The van der Waals surface area contributed by atoms with Crippen LogP contribution < -0.4 is 5.32 Å². The summed E-state index contributed by atoms with van der Waals surface area (Å²) in [6.45, 7) is 0.862. The van der Waals surface area contributed by atoms with E-state index in [9.17, 15) is 9.18 Å². The second-order valence-corrected chi connectivity index (χ2v) is 5.85.